The Kier molecular flexibility index (Phi) is 4.55. The number of hydrogen-bond donors (Lipinski definition) is 2. The summed E-state index contributed by atoms with van der Waals surface area (Å²) in [5, 5.41) is 6.34. The van der Waals surface area contributed by atoms with Crippen LogP contribution in [0.1, 0.15) is 33.6 Å². The summed E-state index contributed by atoms with van der Waals surface area (Å²) in [4.78, 5) is 24.6. The van der Waals surface area contributed by atoms with Gasteiger partial charge in [-0.1, -0.05) is 35.3 Å². The lowest BCUT2D eigenvalue weighted by Crippen LogP contribution is -2.27. The van der Waals surface area contributed by atoms with Gasteiger partial charge >= 0.3 is 0 Å². The van der Waals surface area contributed by atoms with Crippen LogP contribution in [0.15, 0.2) is 42.5 Å². The van der Waals surface area contributed by atoms with Crippen molar-refractivity contribution in [3.63, 3.8) is 0 Å². The Morgan fingerprint density at radius 3 is 2.39 bits per heavy atom. The zero-order valence-electron chi connectivity index (χ0n) is 12.1. The minimum Gasteiger partial charge on any atom is -0.349 e. The largest absolute Gasteiger partial charge is 0.349 e. The van der Waals surface area contributed by atoms with Crippen LogP contribution in [0, 0.1) is 0 Å². The summed E-state index contributed by atoms with van der Waals surface area (Å²) in [6.45, 7) is 0. The first-order valence-corrected chi connectivity index (χ1v) is 7.96. The van der Waals surface area contributed by atoms with Gasteiger partial charge in [-0.3, -0.25) is 9.59 Å². The zero-order valence-corrected chi connectivity index (χ0v) is 13.6. The van der Waals surface area contributed by atoms with Crippen molar-refractivity contribution in [2.45, 2.75) is 18.9 Å². The van der Waals surface area contributed by atoms with E-state index in [0.29, 0.717) is 26.9 Å². The topological polar surface area (TPSA) is 58.2 Å². The molecule has 0 spiro atoms. The van der Waals surface area contributed by atoms with Crippen molar-refractivity contribution in [3.8, 4) is 0 Å². The van der Waals surface area contributed by atoms with E-state index in [4.69, 9.17) is 23.2 Å². The molecule has 0 bridgehead atoms. The second kappa shape index (κ2) is 6.60. The van der Waals surface area contributed by atoms with E-state index in [9.17, 15) is 9.59 Å². The number of para-hydroxylation sites is 1. The van der Waals surface area contributed by atoms with E-state index in [2.05, 4.69) is 10.6 Å². The summed E-state index contributed by atoms with van der Waals surface area (Å²) in [6.07, 6.45) is 2.01. The van der Waals surface area contributed by atoms with Crippen LogP contribution in [0.25, 0.3) is 0 Å². The number of carbonyl (C=O) groups is 2. The van der Waals surface area contributed by atoms with Gasteiger partial charge in [0.05, 0.1) is 21.3 Å². The second-order valence-electron chi connectivity index (χ2n) is 5.38. The average Bonchev–Trinajstić information content (AvgIpc) is 3.34. The van der Waals surface area contributed by atoms with Gasteiger partial charge in [0.1, 0.15) is 0 Å². The Balaban J connectivity index is 1.80. The van der Waals surface area contributed by atoms with Crippen molar-refractivity contribution in [2.75, 3.05) is 5.32 Å². The van der Waals surface area contributed by atoms with Crippen molar-refractivity contribution in [3.05, 3.63) is 63.6 Å². The van der Waals surface area contributed by atoms with Gasteiger partial charge in [0.15, 0.2) is 0 Å². The van der Waals surface area contributed by atoms with Crippen molar-refractivity contribution < 1.29 is 9.59 Å². The number of amides is 2. The third-order valence-corrected chi connectivity index (χ3v) is 4.25. The molecule has 1 aliphatic rings. The minimum atomic E-state index is -0.352. The van der Waals surface area contributed by atoms with Crippen LogP contribution in [0.5, 0.6) is 0 Å². The van der Waals surface area contributed by atoms with E-state index in [1.165, 1.54) is 6.07 Å². The quantitative estimate of drug-likeness (QED) is 0.872. The third-order valence-electron chi connectivity index (χ3n) is 3.51. The van der Waals surface area contributed by atoms with Crippen molar-refractivity contribution in [2.24, 2.45) is 0 Å². The van der Waals surface area contributed by atoms with E-state index >= 15 is 0 Å². The molecule has 2 N–H and O–H groups in total. The smallest absolute Gasteiger partial charge is 0.255 e. The monoisotopic (exact) mass is 348 g/mol. The number of nitrogens with one attached hydrogen (secondary N) is 2. The van der Waals surface area contributed by atoms with Crippen LogP contribution < -0.4 is 10.6 Å². The number of carbonyl (C=O) groups excluding carboxylic acids is 2. The van der Waals surface area contributed by atoms with Crippen molar-refractivity contribution >= 4 is 40.7 Å². The van der Waals surface area contributed by atoms with Crippen LogP contribution >= 0.6 is 23.2 Å². The van der Waals surface area contributed by atoms with Gasteiger partial charge in [0.2, 0.25) is 0 Å². The van der Waals surface area contributed by atoms with Crippen LogP contribution in [-0.4, -0.2) is 17.9 Å². The number of benzene rings is 2. The SMILES string of the molecule is O=C(Nc1ccccc1C(=O)NC1CC1)c1ccc(Cl)c(Cl)c1. The molecule has 0 aliphatic heterocycles. The zero-order chi connectivity index (χ0) is 16.4. The lowest BCUT2D eigenvalue weighted by molar-refractivity contribution is 0.0952. The molecule has 1 fully saturated rings. The molecule has 118 valence electrons. The molecule has 2 amide bonds. The lowest BCUT2D eigenvalue weighted by Gasteiger charge is -2.11. The predicted molar refractivity (Wildman–Crippen MR) is 91.3 cm³/mol. The molecule has 3 rings (SSSR count). The average molecular weight is 349 g/mol. The molecular weight excluding hydrogens is 335 g/mol. The normalized spacial score (nSPS) is 13.5. The Labute approximate surface area is 143 Å². The lowest BCUT2D eigenvalue weighted by atomic mass is 10.1. The highest BCUT2D eigenvalue weighted by Gasteiger charge is 2.25. The van der Waals surface area contributed by atoms with Gasteiger partial charge in [0, 0.05) is 11.6 Å². The fourth-order valence-electron chi connectivity index (χ4n) is 2.11. The Hall–Kier alpha value is -2.04. The summed E-state index contributed by atoms with van der Waals surface area (Å²) in [6, 6.07) is 11.8. The number of anilines is 1. The van der Waals surface area contributed by atoms with E-state index in [1.807, 2.05) is 0 Å². The maximum atomic E-state index is 12.3. The molecule has 4 nitrogen and oxygen atoms in total. The van der Waals surface area contributed by atoms with Gasteiger partial charge in [-0.2, -0.15) is 0 Å². The molecule has 0 radical (unpaired) electrons. The fraction of sp³-hybridized carbons (Fsp3) is 0.176. The minimum absolute atomic E-state index is 0.183. The number of rotatable bonds is 4. The van der Waals surface area contributed by atoms with Gasteiger partial charge in [-0.15, -0.1) is 0 Å². The molecule has 1 saturated carbocycles. The third kappa shape index (κ3) is 3.84. The molecular formula is C17H14Cl2N2O2. The highest BCUT2D eigenvalue weighted by atomic mass is 35.5. The first-order valence-electron chi connectivity index (χ1n) is 7.21. The Morgan fingerprint density at radius 1 is 0.957 bits per heavy atom. The highest BCUT2D eigenvalue weighted by Crippen LogP contribution is 2.24. The molecule has 2 aromatic carbocycles. The van der Waals surface area contributed by atoms with Crippen LogP contribution in [0.4, 0.5) is 5.69 Å². The number of halogens is 2. The standard InChI is InChI=1S/C17H14Cl2N2O2/c18-13-8-5-10(9-14(13)19)16(22)21-15-4-2-1-3-12(15)17(23)20-11-6-7-11/h1-5,8-9,11H,6-7H2,(H,20,23)(H,21,22). The fourth-order valence-corrected chi connectivity index (χ4v) is 2.41. The molecule has 0 heterocycles. The van der Waals surface area contributed by atoms with Crippen LogP contribution in [0.2, 0.25) is 10.0 Å². The molecule has 2 aromatic rings. The summed E-state index contributed by atoms with van der Waals surface area (Å²) >= 11 is 11.8. The maximum absolute atomic E-state index is 12.3. The van der Waals surface area contributed by atoms with Gasteiger partial charge in [0.25, 0.3) is 11.8 Å². The molecule has 0 saturated heterocycles. The van der Waals surface area contributed by atoms with Crippen LogP contribution in [0.3, 0.4) is 0 Å². The van der Waals surface area contributed by atoms with E-state index < -0.39 is 0 Å². The van der Waals surface area contributed by atoms with E-state index in [0.717, 1.165) is 12.8 Å². The maximum Gasteiger partial charge on any atom is 0.255 e. The first-order chi connectivity index (χ1) is 11.0. The summed E-state index contributed by atoms with van der Waals surface area (Å²) in [5.74, 6) is -0.534. The summed E-state index contributed by atoms with van der Waals surface area (Å²) in [5.41, 5.74) is 1.27. The van der Waals surface area contributed by atoms with E-state index in [-0.39, 0.29) is 17.9 Å². The summed E-state index contributed by atoms with van der Waals surface area (Å²) < 4.78 is 0. The first kappa shape index (κ1) is 15.8. The molecule has 0 atom stereocenters. The van der Waals surface area contributed by atoms with Crippen molar-refractivity contribution in [1.29, 1.82) is 0 Å². The second-order valence-corrected chi connectivity index (χ2v) is 6.19. The predicted octanol–water partition coefficient (Wildman–Crippen LogP) is 4.14. The van der Waals surface area contributed by atoms with E-state index in [1.54, 1.807) is 36.4 Å². The highest BCUT2D eigenvalue weighted by molar-refractivity contribution is 6.42. The summed E-state index contributed by atoms with van der Waals surface area (Å²) in [7, 11) is 0. The Morgan fingerprint density at radius 2 is 1.70 bits per heavy atom. The Bertz CT molecular complexity index is 773. The number of hydrogen-bond acceptors (Lipinski definition) is 2. The van der Waals surface area contributed by atoms with Gasteiger partial charge < -0.3 is 10.6 Å². The molecule has 23 heavy (non-hydrogen) atoms. The van der Waals surface area contributed by atoms with Crippen LogP contribution in [-0.2, 0) is 0 Å². The molecule has 0 aromatic heterocycles. The van der Waals surface area contributed by atoms with Crippen molar-refractivity contribution in [1.82, 2.24) is 5.32 Å². The molecule has 6 heteroatoms. The van der Waals surface area contributed by atoms with Gasteiger partial charge in [-0.25, -0.2) is 0 Å². The molecule has 0 unspecified atom stereocenters. The van der Waals surface area contributed by atoms with Gasteiger partial charge in [-0.05, 0) is 43.2 Å². The molecule has 1 aliphatic carbocycles.